The molecule has 0 bridgehead atoms. The number of carbonyl (C=O) groups excluding carboxylic acids is 2. The second kappa shape index (κ2) is 13.5. The SMILES string of the molecule is COC1(c2cc(O)ccc2O)C=C(CCC=C(C)CCC=C(C)COC(=O)C=Cc2ccc(O)cc2)C(=O)O1. The fourth-order valence-electron chi connectivity index (χ4n) is 4.01. The number of aromatic hydroxyl groups is 3. The molecule has 8 heteroatoms. The zero-order chi connectivity index (χ0) is 28.4. The van der Waals surface area contributed by atoms with E-state index in [1.807, 2.05) is 19.9 Å². The molecule has 1 unspecified atom stereocenters. The van der Waals surface area contributed by atoms with Crippen molar-refractivity contribution in [2.75, 3.05) is 13.7 Å². The normalized spacial score (nSPS) is 17.8. The van der Waals surface area contributed by atoms with Gasteiger partial charge in [0.2, 0.25) is 0 Å². The van der Waals surface area contributed by atoms with Gasteiger partial charge in [-0.05, 0) is 87.1 Å². The molecule has 39 heavy (non-hydrogen) atoms. The molecule has 2 aromatic carbocycles. The van der Waals surface area contributed by atoms with Crippen LogP contribution in [0.4, 0.5) is 0 Å². The van der Waals surface area contributed by atoms with Crippen LogP contribution in [0.3, 0.4) is 0 Å². The minimum absolute atomic E-state index is 0.0828. The third-order valence-corrected chi connectivity index (χ3v) is 6.21. The Morgan fingerprint density at radius 1 is 0.974 bits per heavy atom. The van der Waals surface area contributed by atoms with E-state index >= 15 is 0 Å². The molecule has 0 aromatic heterocycles. The van der Waals surface area contributed by atoms with Gasteiger partial charge < -0.3 is 29.5 Å². The Labute approximate surface area is 228 Å². The number of hydrogen-bond acceptors (Lipinski definition) is 8. The van der Waals surface area contributed by atoms with Crippen LogP contribution in [0.15, 0.2) is 83.5 Å². The number of methoxy groups -OCH3 is 1. The maximum atomic E-state index is 12.5. The highest BCUT2D eigenvalue weighted by Crippen LogP contribution is 2.42. The maximum absolute atomic E-state index is 12.5. The lowest BCUT2D eigenvalue weighted by atomic mass is 10.0. The molecule has 3 N–H and O–H groups in total. The molecular weight excluding hydrogens is 500 g/mol. The van der Waals surface area contributed by atoms with Crippen LogP contribution in [0, 0.1) is 0 Å². The maximum Gasteiger partial charge on any atom is 0.336 e. The Bertz CT molecular complexity index is 1300. The number of esters is 2. The second-order valence-electron chi connectivity index (χ2n) is 9.34. The van der Waals surface area contributed by atoms with Crippen LogP contribution in [-0.2, 0) is 29.6 Å². The molecule has 1 atom stereocenters. The van der Waals surface area contributed by atoms with Gasteiger partial charge in [-0.2, -0.15) is 0 Å². The largest absolute Gasteiger partial charge is 0.508 e. The molecule has 206 valence electrons. The topological polar surface area (TPSA) is 123 Å². The summed E-state index contributed by atoms with van der Waals surface area (Å²) in [5, 5.41) is 29.3. The predicted molar refractivity (Wildman–Crippen MR) is 147 cm³/mol. The average molecular weight is 535 g/mol. The van der Waals surface area contributed by atoms with Gasteiger partial charge in [-0.3, -0.25) is 0 Å². The Morgan fingerprint density at radius 2 is 1.67 bits per heavy atom. The first-order valence-corrected chi connectivity index (χ1v) is 12.6. The number of carbonyl (C=O) groups is 2. The van der Waals surface area contributed by atoms with Crippen molar-refractivity contribution < 1.29 is 39.1 Å². The van der Waals surface area contributed by atoms with Gasteiger partial charge in [-0.25, -0.2) is 9.59 Å². The Balaban J connectivity index is 1.45. The third kappa shape index (κ3) is 8.35. The molecule has 0 spiro atoms. The number of phenols is 3. The van der Waals surface area contributed by atoms with Gasteiger partial charge in [0.05, 0.1) is 5.56 Å². The fourth-order valence-corrected chi connectivity index (χ4v) is 4.01. The molecule has 0 radical (unpaired) electrons. The first-order chi connectivity index (χ1) is 18.6. The monoisotopic (exact) mass is 534 g/mol. The van der Waals surface area contributed by atoms with Crippen LogP contribution in [0.5, 0.6) is 17.2 Å². The molecule has 3 rings (SSSR count). The Morgan fingerprint density at radius 3 is 2.38 bits per heavy atom. The van der Waals surface area contributed by atoms with E-state index in [0.29, 0.717) is 18.4 Å². The summed E-state index contributed by atoms with van der Waals surface area (Å²) in [6.07, 6.45) is 11.3. The number of rotatable bonds is 12. The summed E-state index contributed by atoms with van der Waals surface area (Å²) in [5.74, 6) is -2.63. The van der Waals surface area contributed by atoms with Gasteiger partial charge in [0, 0.05) is 24.8 Å². The summed E-state index contributed by atoms with van der Waals surface area (Å²) in [7, 11) is 1.37. The van der Waals surface area contributed by atoms with E-state index in [4.69, 9.17) is 14.2 Å². The van der Waals surface area contributed by atoms with E-state index < -0.39 is 17.7 Å². The Kier molecular flexibility index (Phi) is 10.1. The van der Waals surface area contributed by atoms with Gasteiger partial charge in [-0.15, -0.1) is 0 Å². The highest BCUT2D eigenvalue weighted by atomic mass is 16.7. The van der Waals surface area contributed by atoms with E-state index in [-0.39, 0.29) is 29.4 Å². The number of benzene rings is 2. The highest BCUT2D eigenvalue weighted by molar-refractivity contribution is 5.91. The van der Waals surface area contributed by atoms with Crippen molar-refractivity contribution >= 4 is 18.0 Å². The summed E-state index contributed by atoms with van der Waals surface area (Å²) >= 11 is 0. The molecule has 2 aromatic rings. The van der Waals surface area contributed by atoms with Crippen molar-refractivity contribution in [3.8, 4) is 17.2 Å². The van der Waals surface area contributed by atoms with Crippen molar-refractivity contribution in [2.24, 2.45) is 0 Å². The van der Waals surface area contributed by atoms with Crippen LogP contribution >= 0.6 is 0 Å². The first-order valence-electron chi connectivity index (χ1n) is 12.6. The lowest BCUT2D eigenvalue weighted by Gasteiger charge is -2.25. The molecule has 1 heterocycles. The molecule has 0 saturated heterocycles. The summed E-state index contributed by atoms with van der Waals surface area (Å²) in [6.45, 7) is 4.12. The number of hydrogen-bond donors (Lipinski definition) is 3. The summed E-state index contributed by atoms with van der Waals surface area (Å²) in [6, 6.07) is 10.4. The highest BCUT2D eigenvalue weighted by Gasteiger charge is 2.43. The standard InChI is InChI=1S/C31H34O8/c1-21(6-4-8-22(2)20-38-29(35)17-12-23-10-13-25(32)14-11-23)7-5-9-24-19-31(37-3,39-30(24)36)27-18-26(33)15-16-28(27)34/h7-8,10-19,32-34H,4-6,9,20H2,1-3H3. The Hall–Kier alpha value is -4.30. The van der Waals surface area contributed by atoms with Crippen molar-refractivity contribution in [3.63, 3.8) is 0 Å². The predicted octanol–water partition coefficient (Wildman–Crippen LogP) is 5.80. The van der Waals surface area contributed by atoms with Crippen LogP contribution in [0.25, 0.3) is 6.08 Å². The van der Waals surface area contributed by atoms with Crippen LogP contribution in [-0.4, -0.2) is 41.0 Å². The van der Waals surface area contributed by atoms with Crippen molar-refractivity contribution in [1.82, 2.24) is 0 Å². The summed E-state index contributed by atoms with van der Waals surface area (Å²) < 4.78 is 16.2. The van der Waals surface area contributed by atoms with Crippen LogP contribution in [0.2, 0.25) is 0 Å². The van der Waals surface area contributed by atoms with E-state index in [9.17, 15) is 24.9 Å². The molecule has 0 amide bonds. The number of allylic oxidation sites excluding steroid dienone is 3. The number of cyclic esters (lactones) is 1. The average Bonchev–Trinajstić information content (AvgIpc) is 3.24. The zero-order valence-corrected chi connectivity index (χ0v) is 22.3. The minimum atomic E-state index is -1.58. The molecule has 8 nitrogen and oxygen atoms in total. The molecule has 1 aliphatic rings. The molecule has 0 aliphatic carbocycles. The quantitative estimate of drug-likeness (QED) is 0.135. The van der Waals surface area contributed by atoms with Crippen molar-refractivity contribution in [2.45, 2.75) is 45.3 Å². The minimum Gasteiger partial charge on any atom is -0.508 e. The summed E-state index contributed by atoms with van der Waals surface area (Å²) in [5.41, 5.74) is 3.47. The lowest BCUT2D eigenvalue weighted by Crippen LogP contribution is -2.27. The molecule has 0 fully saturated rings. The van der Waals surface area contributed by atoms with E-state index in [2.05, 4.69) is 6.08 Å². The van der Waals surface area contributed by atoms with Gasteiger partial charge in [-0.1, -0.05) is 29.9 Å². The van der Waals surface area contributed by atoms with E-state index in [1.165, 1.54) is 31.4 Å². The first kappa shape index (κ1) is 29.3. The fraction of sp³-hybridized carbons (Fsp3) is 0.290. The van der Waals surface area contributed by atoms with E-state index in [0.717, 1.165) is 29.6 Å². The molecule has 0 saturated carbocycles. The van der Waals surface area contributed by atoms with Gasteiger partial charge in [0.15, 0.2) is 0 Å². The zero-order valence-electron chi connectivity index (χ0n) is 22.3. The van der Waals surface area contributed by atoms with E-state index in [1.54, 1.807) is 36.4 Å². The number of ether oxygens (including phenoxy) is 3. The second-order valence-corrected chi connectivity index (χ2v) is 9.34. The molecular formula is C31H34O8. The van der Waals surface area contributed by atoms with Gasteiger partial charge >= 0.3 is 11.9 Å². The van der Waals surface area contributed by atoms with Gasteiger partial charge in [0.25, 0.3) is 5.79 Å². The van der Waals surface area contributed by atoms with Crippen molar-refractivity contribution in [1.29, 1.82) is 0 Å². The van der Waals surface area contributed by atoms with Gasteiger partial charge in [0.1, 0.15) is 23.9 Å². The smallest absolute Gasteiger partial charge is 0.336 e. The number of phenolic OH excluding ortho intramolecular Hbond substituents is 3. The third-order valence-electron chi connectivity index (χ3n) is 6.21. The summed E-state index contributed by atoms with van der Waals surface area (Å²) in [4.78, 5) is 24.4. The molecule has 1 aliphatic heterocycles. The lowest BCUT2D eigenvalue weighted by molar-refractivity contribution is -0.193. The van der Waals surface area contributed by atoms with Crippen LogP contribution in [0.1, 0.15) is 50.7 Å². The van der Waals surface area contributed by atoms with Crippen molar-refractivity contribution in [3.05, 3.63) is 94.6 Å². The van der Waals surface area contributed by atoms with Crippen LogP contribution < -0.4 is 0 Å².